The van der Waals surface area contributed by atoms with Crippen LogP contribution in [0.3, 0.4) is 0 Å². The molecule has 0 aliphatic carbocycles. The third kappa shape index (κ3) is 3.74. The maximum absolute atomic E-state index is 9.35. The minimum absolute atomic E-state index is 0.0679. The van der Waals surface area contributed by atoms with Crippen LogP contribution in [0.15, 0.2) is 28.7 Å². The van der Waals surface area contributed by atoms with Gasteiger partial charge in [-0.15, -0.1) is 0 Å². The Morgan fingerprint density at radius 1 is 1.28 bits per heavy atom. The van der Waals surface area contributed by atoms with E-state index in [2.05, 4.69) is 33.2 Å². The van der Waals surface area contributed by atoms with Gasteiger partial charge in [-0.1, -0.05) is 12.1 Å². The number of ether oxygens (including phenoxy) is 3. The number of methoxy groups -OCH3 is 1. The van der Waals surface area contributed by atoms with Gasteiger partial charge in [0.2, 0.25) is 0 Å². The van der Waals surface area contributed by atoms with E-state index in [1.165, 1.54) is 0 Å². The molecule has 1 aromatic heterocycles. The van der Waals surface area contributed by atoms with Crippen LogP contribution in [-0.2, 0) is 35.3 Å². The van der Waals surface area contributed by atoms with Crippen LogP contribution in [-0.4, -0.2) is 35.2 Å². The number of aliphatic hydroxyl groups excluding tert-OH is 1. The minimum atomic E-state index is -0.267. The van der Waals surface area contributed by atoms with Crippen molar-refractivity contribution in [2.24, 2.45) is 7.05 Å². The van der Waals surface area contributed by atoms with Gasteiger partial charge in [0, 0.05) is 40.2 Å². The molecule has 1 aliphatic rings. The Morgan fingerprint density at radius 2 is 1.96 bits per heavy atom. The van der Waals surface area contributed by atoms with E-state index in [1.54, 1.807) is 18.8 Å². The fourth-order valence-corrected chi connectivity index (χ4v) is 3.75. The molecule has 25 heavy (non-hydrogen) atoms. The molecule has 0 saturated carbocycles. The van der Waals surface area contributed by atoms with Crippen molar-refractivity contribution < 1.29 is 19.3 Å². The fraction of sp³-hybridized carbons (Fsp3) is 0.500. The Kier molecular flexibility index (Phi) is 5.78. The lowest BCUT2D eigenvalue weighted by Gasteiger charge is -2.36. The van der Waals surface area contributed by atoms with Gasteiger partial charge in [0.15, 0.2) is 0 Å². The highest BCUT2D eigenvalue weighted by atomic mass is 79.9. The predicted molar refractivity (Wildman–Crippen MR) is 96.3 cm³/mol. The normalized spacial score (nSPS) is 16.8. The zero-order chi connectivity index (χ0) is 17.9. The zero-order valence-corrected chi connectivity index (χ0v) is 16.1. The maximum Gasteiger partial charge on any atom is 0.133 e. The summed E-state index contributed by atoms with van der Waals surface area (Å²) in [6.07, 6.45) is 1.71. The summed E-state index contributed by atoms with van der Waals surface area (Å²) in [5, 5.41) is 13.7. The van der Waals surface area contributed by atoms with Crippen LogP contribution in [0.1, 0.15) is 29.8 Å². The van der Waals surface area contributed by atoms with Crippen molar-refractivity contribution in [3.63, 3.8) is 0 Å². The number of hydrogen-bond donors (Lipinski definition) is 1. The lowest BCUT2D eigenvalue weighted by Crippen LogP contribution is -2.35. The van der Waals surface area contributed by atoms with Crippen molar-refractivity contribution in [3.05, 3.63) is 45.7 Å². The van der Waals surface area contributed by atoms with Gasteiger partial charge in [0.1, 0.15) is 18.1 Å². The smallest absolute Gasteiger partial charge is 0.133 e. The van der Waals surface area contributed by atoms with Crippen molar-refractivity contribution in [1.82, 2.24) is 9.78 Å². The summed E-state index contributed by atoms with van der Waals surface area (Å²) in [4.78, 5) is 0. The number of rotatable bonds is 6. The van der Waals surface area contributed by atoms with Crippen LogP contribution in [0.2, 0.25) is 0 Å². The third-order valence-electron chi connectivity index (χ3n) is 4.77. The maximum atomic E-state index is 9.35. The summed E-state index contributed by atoms with van der Waals surface area (Å²) in [7, 11) is 3.56. The van der Waals surface area contributed by atoms with Crippen LogP contribution in [0.25, 0.3) is 0 Å². The Hall–Kier alpha value is -1.41. The number of aliphatic hydroxyl groups is 1. The summed E-state index contributed by atoms with van der Waals surface area (Å²) in [6, 6.07) is 8.01. The molecule has 0 unspecified atom stereocenters. The lowest BCUT2D eigenvalue weighted by atomic mass is 9.86. The molecule has 1 aliphatic heterocycles. The van der Waals surface area contributed by atoms with Crippen LogP contribution in [0.5, 0.6) is 5.75 Å². The molecule has 1 aromatic carbocycles. The average Bonchev–Trinajstić information content (AvgIpc) is 2.93. The van der Waals surface area contributed by atoms with E-state index in [4.69, 9.17) is 14.2 Å². The quantitative estimate of drug-likeness (QED) is 0.792. The van der Waals surface area contributed by atoms with Gasteiger partial charge in [0.05, 0.1) is 22.4 Å². The Labute approximate surface area is 155 Å². The number of halogens is 1. The van der Waals surface area contributed by atoms with Gasteiger partial charge < -0.3 is 19.3 Å². The molecule has 1 N–H and O–H groups in total. The molecule has 0 amide bonds. The lowest BCUT2D eigenvalue weighted by molar-refractivity contribution is -0.0948. The molecule has 2 heterocycles. The first-order valence-electron chi connectivity index (χ1n) is 8.27. The van der Waals surface area contributed by atoms with E-state index in [0.29, 0.717) is 19.8 Å². The van der Waals surface area contributed by atoms with E-state index in [-0.39, 0.29) is 12.2 Å². The SMILES string of the molecule is COC1(c2ccc(OCc3nn(C)c(CO)c3Br)cc2)CCOCC1. The minimum Gasteiger partial charge on any atom is -0.487 e. The molecule has 6 nitrogen and oxygen atoms in total. The van der Waals surface area contributed by atoms with Crippen LogP contribution in [0, 0.1) is 0 Å². The molecule has 0 atom stereocenters. The first-order valence-corrected chi connectivity index (χ1v) is 9.06. The summed E-state index contributed by atoms with van der Waals surface area (Å²) in [5.41, 5.74) is 2.37. The molecular formula is C18H23BrN2O4. The van der Waals surface area contributed by atoms with E-state index in [9.17, 15) is 5.11 Å². The molecule has 0 spiro atoms. The first-order chi connectivity index (χ1) is 12.1. The molecule has 7 heteroatoms. The Morgan fingerprint density at radius 3 is 2.52 bits per heavy atom. The summed E-state index contributed by atoms with van der Waals surface area (Å²) < 4.78 is 19.6. The summed E-state index contributed by atoms with van der Waals surface area (Å²) in [6.45, 7) is 1.69. The second kappa shape index (κ2) is 7.86. The largest absolute Gasteiger partial charge is 0.487 e. The molecule has 2 aromatic rings. The fourth-order valence-electron chi connectivity index (χ4n) is 3.18. The van der Waals surface area contributed by atoms with Crippen LogP contribution >= 0.6 is 15.9 Å². The predicted octanol–water partition coefficient (Wildman–Crippen LogP) is 2.91. The van der Waals surface area contributed by atoms with Gasteiger partial charge >= 0.3 is 0 Å². The third-order valence-corrected chi connectivity index (χ3v) is 5.68. The highest BCUT2D eigenvalue weighted by molar-refractivity contribution is 9.10. The topological polar surface area (TPSA) is 65.7 Å². The van der Waals surface area contributed by atoms with E-state index < -0.39 is 0 Å². The molecule has 3 rings (SSSR count). The zero-order valence-electron chi connectivity index (χ0n) is 14.5. The number of aromatic nitrogens is 2. The molecule has 0 bridgehead atoms. The molecule has 136 valence electrons. The standard InChI is InChI=1S/C18H23BrN2O4/c1-21-16(11-22)17(19)15(20-21)12-25-14-5-3-13(4-6-14)18(23-2)7-9-24-10-8-18/h3-6,22H,7-12H2,1-2H3. The van der Waals surface area contributed by atoms with Crippen molar-refractivity contribution >= 4 is 15.9 Å². The van der Waals surface area contributed by atoms with Gasteiger partial charge in [0.25, 0.3) is 0 Å². The van der Waals surface area contributed by atoms with Gasteiger partial charge in [-0.3, -0.25) is 4.68 Å². The van der Waals surface area contributed by atoms with Gasteiger partial charge in [-0.25, -0.2) is 0 Å². The number of aryl methyl sites for hydroxylation is 1. The van der Waals surface area contributed by atoms with Crippen LogP contribution < -0.4 is 4.74 Å². The highest BCUT2D eigenvalue weighted by Crippen LogP contribution is 2.36. The first kappa shape index (κ1) is 18.4. The van der Waals surface area contributed by atoms with Crippen molar-refractivity contribution in [2.45, 2.75) is 31.7 Å². The Bertz CT molecular complexity index is 709. The van der Waals surface area contributed by atoms with E-state index >= 15 is 0 Å². The van der Waals surface area contributed by atoms with Crippen molar-refractivity contribution in [2.75, 3.05) is 20.3 Å². The van der Waals surface area contributed by atoms with Crippen molar-refractivity contribution in [3.8, 4) is 5.75 Å². The van der Waals surface area contributed by atoms with E-state index in [0.717, 1.165) is 40.0 Å². The molecular weight excluding hydrogens is 388 g/mol. The van der Waals surface area contributed by atoms with Crippen molar-refractivity contribution in [1.29, 1.82) is 0 Å². The van der Waals surface area contributed by atoms with Gasteiger partial charge in [-0.05, 0) is 33.6 Å². The average molecular weight is 411 g/mol. The molecule has 1 fully saturated rings. The number of nitrogens with zero attached hydrogens (tertiary/aromatic N) is 2. The summed E-state index contributed by atoms with van der Waals surface area (Å²) >= 11 is 3.46. The highest BCUT2D eigenvalue weighted by Gasteiger charge is 2.34. The number of benzene rings is 1. The second-order valence-electron chi connectivity index (χ2n) is 6.11. The number of hydrogen-bond acceptors (Lipinski definition) is 5. The Balaban J connectivity index is 1.69. The van der Waals surface area contributed by atoms with Crippen LogP contribution in [0.4, 0.5) is 0 Å². The van der Waals surface area contributed by atoms with Gasteiger partial charge in [-0.2, -0.15) is 5.10 Å². The molecule has 1 saturated heterocycles. The summed E-state index contributed by atoms with van der Waals surface area (Å²) in [5.74, 6) is 0.769. The van der Waals surface area contributed by atoms with E-state index in [1.807, 2.05) is 12.1 Å². The molecule has 0 radical (unpaired) electrons. The monoisotopic (exact) mass is 410 g/mol. The second-order valence-corrected chi connectivity index (χ2v) is 6.91.